The van der Waals surface area contributed by atoms with Gasteiger partial charge < -0.3 is 20.1 Å². The highest BCUT2D eigenvalue weighted by atomic mass is 16.6. The largest absolute Gasteiger partial charge is 0.486 e. The number of amides is 2. The first-order valence-corrected chi connectivity index (χ1v) is 8.53. The fourth-order valence-corrected chi connectivity index (χ4v) is 2.82. The minimum atomic E-state index is -0.273. The lowest BCUT2D eigenvalue weighted by Gasteiger charge is -2.26. The van der Waals surface area contributed by atoms with Gasteiger partial charge in [0.05, 0.1) is 13.1 Å². The van der Waals surface area contributed by atoms with Crippen LogP contribution >= 0.6 is 0 Å². The monoisotopic (exact) mass is 354 g/mol. The lowest BCUT2D eigenvalue weighted by Crippen LogP contribution is -2.44. The second-order valence-corrected chi connectivity index (χ2v) is 6.36. The average Bonchev–Trinajstić information content (AvgIpc) is 2.63. The van der Waals surface area contributed by atoms with Crippen molar-refractivity contribution in [2.24, 2.45) is 0 Å². The van der Waals surface area contributed by atoms with Crippen LogP contribution < -0.4 is 20.1 Å². The third-order valence-electron chi connectivity index (χ3n) is 3.99. The van der Waals surface area contributed by atoms with Crippen molar-refractivity contribution in [3.63, 3.8) is 0 Å². The van der Waals surface area contributed by atoms with Crippen molar-refractivity contribution < 1.29 is 19.1 Å². The van der Waals surface area contributed by atoms with Crippen LogP contribution in [0, 0.1) is 13.8 Å². The van der Waals surface area contributed by atoms with E-state index in [1.807, 2.05) is 44.2 Å². The normalized spacial score (nSPS) is 15.2. The number of aryl methyl sites for hydroxylation is 2. The van der Waals surface area contributed by atoms with E-state index in [0.717, 1.165) is 11.1 Å². The molecule has 1 aliphatic heterocycles. The van der Waals surface area contributed by atoms with Gasteiger partial charge >= 0.3 is 0 Å². The first-order chi connectivity index (χ1) is 12.5. The smallest absolute Gasteiger partial charge is 0.251 e. The van der Waals surface area contributed by atoms with Crippen molar-refractivity contribution in [3.05, 3.63) is 59.2 Å². The Balaban J connectivity index is 1.44. The van der Waals surface area contributed by atoms with Crippen molar-refractivity contribution >= 4 is 11.8 Å². The molecule has 1 unspecified atom stereocenters. The molecule has 2 amide bonds. The first kappa shape index (κ1) is 17.8. The summed E-state index contributed by atoms with van der Waals surface area (Å²) in [5, 5.41) is 5.39. The van der Waals surface area contributed by atoms with E-state index in [4.69, 9.17) is 9.47 Å². The molecule has 0 aliphatic carbocycles. The van der Waals surface area contributed by atoms with Gasteiger partial charge in [-0.25, -0.2) is 0 Å². The Labute approximate surface area is 152 Å². The number of rotatable bonds is 5. The number of carbonyl (C=O) groups is 2. The fraction of sp³-hybridized carbons (Fsp3) is 0.300. The highest BCUT2D eigenvalue weighted by molar-refractivity contribution is 5.96. The minimum absolute atomic E-state index is 0.0873. The summed E-state index contributed by atoms with van der Waals surface area (Å²) >= 11 is 0. The Hall–Kier alpha value is -3.02. The van der Waals surface area contributed by atoms with Crippen LogP contribution in [0.15, 0.2) is 42.5 Å². The zero-order chi connectivity index (χ0) is 18.5. The quantitative estimate of drug-likeness (QED) is 0.861. The standard InChI is InChI=1S/C20H22N2O4/c1-13-7-14(2)9-15(8-13)20(24)22-11-19(23)21-10-16-12-25-17-5-3-4-6-18(17)26-16/h3-9,16H,10-12H2,1-2H3,(H,21,23)(H,22,24). The van der Waals surface area contributed by atoms with E-state index in [1.165, 1.54) is 0 Å². The number of para-hydroxylation sites is 2. The Kier molecular flexibility index (Phi) is 5.41. The molecule has 0 spiro atoms. The van der Waals surface area contributed by atoms with Gasteiger partial charge in [-0.3, -0.25) is 9.59 Å². The molecular weight excluding hydrogens is 332 g/mol. The molecule has 6 heteroatoms. The molecule has 2 aromatic rings. The van der Waals surface area contributed by atoms with Crippen molar-refractivity contribution in [3.8, 4) is 11.5 Å². The Bertz CT molecular complexity index is 799. The molecule has 0 saturated heterocycles. The predicted molar refractivity (Wildman–Crippen MR) is 97.6 cm³/mol. The lowest BCUT2D eigenvalue weighted by atomic mass is 10.1. The summed E-state index contributed by atoms with van der Waals surface area (Å²) in [6.07, 6.45) is -0.260. The molecule has 0 saturated carbocycles. The van der Waals surface area contributed by atoms with E-state index < -0.39 is 0 Å². The molecule has 6 nitrogen and oxygen atoms in total. The topological polar surface area (TPSA) is 76.7 Å². The van der Waals surface area contributed by atoms with Gasteiger partial charge in [0, 0.05) is 5.56 Å². The lowest BCUT2D eigenvalue weighted by molar-refractivity contribution is -0.120. The van der Waals surface area contributed by atoms with Crippen LogP contribution in [0.1, 0.15) is 21.5 Å². The molecular formula is C20H22N2O4. The Morgan fingerprint density at radius 3 is 2.46 bits per heavy atom. The van der Waals surface area contributed by atoms with Gasteiger partial charge in [-0.2, -0.15) is 0 Å². The van der Waals surface area contributed by atoms with Gasteiger partial charge in [0.1, 0.15) is 12.7 Å². The zero-order valence-electron chi connectivity index (χ0n) is 14.9. The van der Waals surface area contributed by atoms with E-state index in [0.29, 0.717) is 30.2 Å². The fourth-order valence-electron chi connectivity index (χ4n) is 2.82. The van der Waals surface area contributed by atoms with Crippen LogP contribution in [0.5, 0.6) is 11.5 Å². The predicted octanol–water partition coefficient (Wildman–Crippen LogP) is 1.99. The molecule has 2 aromatic carbocycles. The third kappa shape index (κ3) is 4.53. The van der Waals surface area contributed by atoms with Crippen LogP contribution in [-0.2, 0) is 4.79 Å². The van der Waals surface area contributed by atoms with Gasteiger partial charge in [-0.05, 0) is 38.1 Å². The van der Waals surface area contributed by atoms with Crippen molar-refractivity contribution in [1.82, 2.24) is 10.6 Å². The van der Waals surface area contributed by atoms with E-state index in [1.54, 1.807) is 12.1 Å². The summed E-state index contributed by atoms with van der Waals surface area (Å²) < 4.78 is 11.4. The zero-order valence-corrected chi connectivity index (χ0v) is 14.9. The second-order valence-electron chi connectivity index (χ2n) is 6.36. The van der Waals surface area contributed by atoms with E-state index >= 15 is 0 Å². The molecule has 1 aliphatic rings. The number of hydrogen-bond donors (Lipinski definition) is 2. The molecule has 1 atom stereocenters. The molecule has 0 aromatic heterocycles. The molecule has 2 N–H and O–H groups in total. The Morgan fingerprint density at radius 2 is 1.73 bits per heavy atom. The molecule has 0 bridgehead atoms. The first-order valence-electron chi connectivity index (χ1n) is 8.53. The summed E-state index contributed by atoms with van der Waals surface area (Å²) in [5.74, 6) is 0.834. The number of ether oxygens (including phenoxy) is 2. The highest BCUT2D eigenvalue weighted by Gasteiger charge is 2.21. The number of nitrogens with one attached hydrogen (secondary N) is 2. The molecule has 0 fully saturated rings. The van der Waals surface area contributed by atoms with E-state index in [9.17, 15) is 9.59 Å². The van der Waals surface area contributed by atoms with E-state index in [2.05, 4.69) is 10.6 Å². The van der Waals surface area contributed by atoms with Crippen molar-refractivity contribution in [2.75, 3.05) is 19.7 Å². The van der Waals surface area contributed by atoms with Crippen LogP contribution in [0.25, 0.3) is 0 Å². The van der Waals surface area contributed by atoms with Crippen LogP contribution in [0.4, 0.5) is 0 Å². The second kappa shape index (κ2) is 7.91. The number of carbonyl (C=O) groups excluding carboxylic acids is 2. The van der Waals surface area contributed by atoms with Crippen molar-refractivity contribution in [1.29, 1.82) is 0 Å². The molecule has 0 radical (unpaired) electrons. The third-order valence-corrected chi connectivity index (χ3v) is 3.99. The van der Waals surface area contributed by atoms with Gasteiger partial charge in [-0.15, -0.1) is 0 Å². The molecule has 3 rings (SSSR count). The number of fused-ring (bicyclic) bond motifs is 1. The van der Waals surface area contributed by atoms with Crippen LogP contribution in [0.2, 0.25) is 0 Å². The summed E-state index contributed by atoms with van der Waals surface area (Å²) in [7, 11) is 0. The maximum atomic E-state index is 12.2. The average molecular weight is 354 g/mol. The van der Waals surface area contributed by atoms with E-state index in [-0.39, 0.29) is 24.5 Å². The SMILES string of the molecule is Cc1cc(C)cc(C(=O)NCC(=O)NCC2COc3ccccc3O2)c1. The van der Waals surface area contributed by atoms with Crippen LogP contribution in [-0.4, -0.2) is 37.6 Å². The van der Waals surface area contributed by atoms with Gasteiger partial charge in [-0.1, -0.05) is 29.3 Å². The Morgan fingerprint density at radius 1 is 1.04 bits per heavy atom. The van der Waals surface area contributed by atoms with Gasteiger partial charge in [0.2, 0.25) is 5.91 Å². The van der Waals surface area contributed by atoms with Crippen LogP contribution in [0.3, 0.4) is 0 Å². The maximum absolute atomic E-state index is 12.2. The maximum Gasteiger partial charge on any atom is 0.251 e. The molecule has 26 heavy (non-hydrogen) atoms. The summed E-state index contributed by atoms with van der Waals surface area (Å²) in [6.45, 7) is 4.45. The summed E-state index contributed by atoms with van der Waals surface area (Å²) in [6, 6.07) is 13.0. The van der Waals surface area contributed by atoms with Gasteiger partial charge in [0.25, 0.3) is 5.91 Å². The summed E-state index contributed by atoms with van der Waals surface area (Å²) in [4.78, 5) is 24.1. The number of hydrogen-bond acceptors (Lipinski definition) is 4. The molecule has 1 heterocycles. The highest BCUT2D eigenvalue weighted by Crippen LogP contribution is 2.30. The van der Waals surface area contributed by atoms with Crippen molar-refractivity contribution in [2.45, 2.75) is 20.0 Å². The summed E-state index contributed by atoms with van der Waals surface area (Å²) in [5.41, 5.74) is 2.57. The van der Waals surface area contributed by atoms with Gasteiger partial charge in [0.15, 0.2) is 11.5 Å². The minimum Gasteiger partial charge on any atom is -0.486 e. The number of benzene rings is 2. The molecule has 136 valence electrons.